The molecule has 2 rings (SSSR count). The predicted octanol–water partition coefficient (Wildman–Crippen LogP) is 1.80. The number of thiophene rings is 1. The number of hydrogen-bond donors (Lipinski definition) is 1. The fraction of sp³-hybridized carbons (Fsp3) is 0. The predicted molar refractivity (Wildman–Crippen MR) is 58.7 cm³/mol. The maximum absolute atomic E-state index is 11.0. The molecule has 0 spiro atoms. The summed E-state index contributed by atoms with van der Waals surface area (Å²) in [5.41, 5.74) is -0.182. The van der Waals surface area contributed by atoms with Crippen molar-refractivity contribution in [3.63, 3.8) is 0 Å². The number of nitrogens with one attached hydrogen (secondary N) is 1. The van der Waals surface area contributed by atoms with Gasteiger partial charge < -0.3 is 4.98 Å². The van der Waals surface area contributed by atoms with Crippen molar-refractivity contribution in [3.05, 3.63) is 38.9 Å². The molecule has 76 valence electrons. The second kappa shape index (κ2) is 4.41. The number of aromatic nitrogens is 2. The van der Waals surface area contributed by atoms with Gasteiger partial charge in [0.1, 0.15) is 0 Å². The minimum absolute atomic E-state index is 0.182. The molecule has 15 heavy (non-hydrogen) atoms. The Kier molecular flexibility index (Phi) is 2.98. The van der Waals surface area contributed by atoms with Crippen LogP contribution in [0.4, 0.5) is 0 Å². The molecule has 0 fully saturated rings. The smallest absolute Gasteiger partial charge is 0.251 e. The summed E-state index contributed by atoms with van der Waals surface area (Å²) in [7, 11) is 0. The molecule has 0 saturated carbocycles. The molecule has 6 heteroatoms. The molecule has 2 aromatic heterocycles. The Morgan fingerprint density at radius 3 is 3.07 bits per heavy atom. The summed E-state index contributed by atoms with van der Waals surface area (Å²) >= 11 is 2.69. The van der Waals surface area contributed by atoms with E-state index in [0.29, 0.717) is 10.0 Å². The van der Waals surface area contributed by atoms with Gasteiger partial charge in [-0.2, -0.15) is 0 Å². The summed E-state index contributed by atoms with van der Waals surface area (Å²) in [4.78, 5) is 29.6. The number of hydrogen-bond acceptors (Lipinski definition) is 5. The highest BCUT2D eigenvalue weighted by molar-refractivity contribution is 7.99. The van der Waals surface area contributed by atoms with Crippen molar-refractivity contribution in [1.82, 2.24) is 9.97 Å². The van der Waals surface area contributed by atoms with Crippen LogP contribution in [0.3, 0.4) is 0 Å². The number of nitrogens with zero attached hydrogens (tertiary/aromatic N) is 1. The maximum atomic E-state index is 11.0. The van der Waals surface area contributed by atoms with Crippen LogP contribution in [0.15, 0.2) is 38.6 Å². The average Bonchev–Trinajstić information content (AvgIpc) is 2.65. The van der Waals surface area contributed by atoms with Gasteiger partial charge in [-0.25, -0.2) is 4.98 Å². The van der Waals surface area contributed by atoms with Gasteiger partial charge in [0.15, 0.2) is 11.4 Å². The van der Waals surface area contributed by atoms with Crippen molar-refractivity contribution in [2.45, 2.75) is 10.1 Å². The lowest BCUT2D eigenvalue weighted by Crippen LogP contribution is -2.04. The molecule has 0 aliphatic rings. The SMILES string of the molecule is O=Cc1cc(Sc2nccc(=O)[nH]2)cs1. The third-order valence-corrected chi connectivity index (χ3v) is 3.45. The van der Waals surface area contributed by atoms with Crippen molar-refractivity contribution in [2.24, 2.45) is 0 Å². The Hall–Kier alpha value is -1.40. The Morgan fingerprint density at radius 2 is 2.40 bits per heavy atom. The summed E-state index contributed by atoms with van der Waals surface area (Å²) in [5.74, 6) is 0. The minimum atomic E-state index is -0.182. The number of aromatic amines is 1. The molecule has 1 N–H and O–H groups in total. The summed E-state index contributed by atoms with van der Waals surface area (Å²) in [6.45, 7) is 0. The van der Waals surface area contributed by atoms with Crippen LogP contribution in [0.25, 0.3) is 0 Å². The van der Waals surface area contributed by atoms with Gasteiger partial charge in [-0.3, -0.25) is 9.59 Å². The van der Waals surface area contributed by atoms with E-state index in [1.54, 1.807) is 6.07 Å². The van der Waals surface area contributed by atoms with E-state index in [-0.39, 0.29) is 5.56 Å². The average molecular weight is 238 g/mol. The second-order valence-corrected chi connectivity index (χ2v) is 4.65. The van der Waals surface area contributed by atoms with Crippen LogP contribution in [0.2, 0.25) is 0 Å². The van der Waals surface area contributed by atoms with E-state index in [9.17, 15) is 9.59 Å². The minimum Gasteiger partial charge on any atom is -0.301 e. The first kappa shape index (κ1) is 10.1. The molecule has 0 bridgehead atoms. The van der Waals surface area contributed by atoms with Crippen LogP contribution in [0.1, 0.15) is 9.67 Å². The Bertz CT molecular complexity index is 533. The number of aldehydes is 1. The highest BCUT2D eigenvalue weighted by Crippen LogP contribution is 2.27. The van der Waals surface area contributed by atoms with Crippen molar-refractivity contribution in [2.75, 3.05) is 0 Å². The summed E-state index contributed by atoms with van der Waals surface area (Å²) in [6, 6.07) is 3.11. The van der Waals surface area contributed by atoms with E-state index in [4.69, 9.17) is 0 Å². The number of rotatable bonds is 3. The quantitative estimate of drug-likeness (QED) is 0.654. The third-order valence-electron chi connectivity index (χ3n) is 1.57. The lowest BCUT2D eigenvalue weighted by Gasteiger charge is -1.95. The topological polar surface area (TPSA) is 62.8 Å². The molecular weight excluding hydrogens is 232 g/mol. The first-order chi connectivity index (χ1) is 7.28. The third kappa shape index (κ3) is 2.54. The van der Waals surface area contributed by atoms with Gasteiger partial charge in [0.25, 0.3) is 5.56 Å². The van der Waals surface area contributed by atoms with E-state index in [2.05, 4.69) is 9.97 Å². The fourth-order valence-electron chi connectivity index (χ4n) is 0.965. The van der Waals surface area contributed by atoms with Crippen molar-refractivity contribution in [1.29, 1.82) is 0 Å². The van der Waals surface area contributed by atoms with E-state index in [1.807, 2.05) is 5.38 Å². The van der Waals surface area contributed by atoms with Crippen LogP contribution in [0, 0.1) is 0 Å². The zero-order valence-electron chi connectivity index (χ0n) is 7.47. The monoisotopic (exact) mass is 238 g/mol. The molecule has 0 atom stereocenters. The van der Waals surface area contributed by atoms with Crippen LogP contribution >= 0.6 is 23.1 Å². The largest absolute Gasteiger partial charge is 0.301 e. The van der Waals surface area contributed by atoms with Gasteiger partial charge in [-0.05, 0) is 6.07 Å². The zero-order valence-corrected chi connectivity index (χ0v) is 9.10. The molecule has 0 aliphatic carbocycles. The standard InChI is InChI=1S/C9H6N2O2S2/c12-4-6-3-7(5-14-6)15-9-10-2-1-8(13)11-9/h1-5H,(H,10,11,13). The highest BCUT2D eigenvalue weighted by atomic mass is 32.2. The van der Waals surface area contributed by atoms with E-state index >= 15 is 0 Å². The molecular formula is C9H6N2O2S2. The number of carbonyl (C=O) groups is 1. The molecule has 2 aromatic rings. The maximum Gasteiger partial charge on any atom is 0.251 e. The van der Waals surface area contributed by atoms with Gasteiger partial charge >= 0.3 is 0 Å². The molecule has 0 amide bonds. The summed E-state index contributed by atoms with van der Waals surface area (Å²) in [5, 5.41) is 2.37. The molecule has 0 unspecified atom stereocenters. The highest BCUT2D eigenvalue weighted by Gasteiger charge is 2.02. The Labute approximate surface area is 93.4 Å². The van der Waals surface area contributed by atoms with Crippen LogP contribution < -0.4 is 5.56 Å². The molecule has 0 saturated heterocycles. The second-order valence-electron chi connectivity index (χ2n) is 2.64. The molecule has 2 heterocycles. The normalized spacial score (nSPS) is 10.1. The zero-order chi connectivity index (χ0) is 10.7. The van der Waals surface area contributed by atoms with Crippen molar-refractivity contribution >= 4 is 29.4 Å². The van der Waals surface area contributed by atoms with Crippen molar-refractivity contribution in [3.8, 4) is 0 Å². The van der Waals surface area contributed by atoms with Crippen LogP contribution in [-0.4, -0.2) is 16.3 Å². The van der Waals surface area contributed by atoms with Gasteiger partial charge in [-0.1, -0.05) is 11.8 Å². The Balaban J connectivity index is 2.21. The van der Waals surface area contributed by atoms with E-state index in [0.717, 1.165) is 11.2 Å². The van der Waals surface area contributed by atoms with E-state index in [1.165, 1.54) is 35.4 Å². The van der Waals surface area contributed by atoms with Crippen LogP contribution in [0.5, 0.6) is 0 Å². The van der Waals surface area contributed by atoms with Gasteiger partial charge in [0.2, 0.25) is 0 Å². The van der Waals surface area contributed by atoms with Gasteiger partial charge in [0, 0.05) is 22.5 Å². The summed E-state index contributed by atoms with van der Waals surface area (Å²) < 4.78 is 0. The molecule has 0 radical (unpaired) electrons. The fourth-order valence-corrected chi connectivity index (χ4v) is 2.62. The van der Waals surface area contributed by atoms with E-state index < -0.39 is 0 Å². The lowest BCUT2D eigenvalue weighted by molar-refractivity contribution is 0.112. The lowest BCUT2D eigenvalue weighted by atomic mass is 10.5. The van der Waals surface area contributed by atoms with Crippen molar-refractivity contribution < 1.29 is 4.79 Å². The Morgan fingerprint density at radius 1 is 1.53 bits per heavy atom. The first-order valence-electron chi connectivity index (χ1n) is 4.05. The van der Waals surface area contributed by atoms with Gasteiger partial charge in [0.05, 0.1) is 4.88 Å². The number of H-pyrrole nitrogens is 1. The van der Waals surface area contributed by atoms with Gasteiger partial charge in [-0.15, -0.1) is 11.3 Å². The number of carbonyl (C=O) groups excluding carboxylic acids is 1. The molecule has 0 aromatic carbocycles. The first-order valence-corrected chi connectivity index (χ1v) is 5.74. The molecule has 0 aliphatic heterocycles. The molecule has 4 nitrogen and oxygen atoms in total. The summed E-state index contributed by atoms with van der Waals surface area (Å²) in [6.07, 6.45) is 2.25. The van der Waals surface area contributed by atoms with Crippen LogP contribution in [-0.2, 0) is 0 Å².